The minimum absolute atomic E-state index is 0.254. The molecule has 2 N–H and O–H groups in total. The molecule has 1 aliphatic rings. The molecule has 9 heteroatoms. The van der Waals surface area contributed by atoms with Crippen molar-refractivity contribution in [3.05, 3.63) is 59.7 Å². The van der Waals surface area contributed by atoms with Crippen molar-refractivity contribution in [1.29, 1.82) is 0 Å². The van der Waals surface area contributed by atoms with Crippen LogP contribution < -0.4 is 14.8 Å². The van der Waals surface area contributed by atoms with Crippen molar-refractivity contribution in [2.75, 3.05) is 44.3 Å². The Kier molecular flexibility index (Phi) is 8.93. The fraction of sp³-hybridized carbons (Fsp3) is 0.480. The number of hydrogen-bond acceptors (Lipinski definition) is 6. The predicted molar refractivity (Wildman–Crippen MR) is 136 cm³/mol. The monoisotopic (exact) mass is 488 g/mol. The van der Waals surface area contributed by atoms with Crippen molar-refractivity contribution in [2.24, 2.45) is 0 Å². The molecule has 2 aromatic carbocycles. The van der Waals surface area contributed by atoms with Gasteiger partial charge in [0.1, 0.15) is 5.75 Å². The highest BCUT2D eigenvalue weighted by atomic mass is 32.2. The topological polar surface area (TPSA) is 91.0 Å². The maximum Gasteiger partial charge on any atom is 0.251 e. The molecule has 1 saturated heterocycles. The van der Waals surface area contributed by atoms with E-state index in [2.05, 4.69) is 46.8 Å². The van der Waals surface area contributed by atoms with E-state index in [1.807, 2.05) is 18.2 Å². The van der Waals surface area contributed by atoms with Crippen molar-refractivity contribution in [3.63, 3.8) is 0 Å². The molecule has 0 bridgehead atoms. The van der Waals surface area contributed by atoms with E-state index in [9.17, 15) is 13.2 Å². The lowest BCUT2D eigenvalue weighted by atomic mass is 10.1. The van der Waals surface area contributed by atoms with E-state index in [4.69, 9.17) is 4.74 Å². The van der Waals surface area contributed by atoms with Crippen LogP contribution in [0.2, 0.25) is 0 Å². The average molecular weight is 489 g/mol. The first-order valence-corrected chi connectivity index (χ1v) is 13.5. The van der Waals surface area contributed by atoms with E-state index in [0.29, 0.717) is 42.9 Å². The van der Waals surface area contributed by atoms with Gasteiger partial charge >= 0.3 is 0 Å². The minimum Gasteiger partial charge on any atom is -0.493 e. The molecular weight excluding hydrogens is 452 g/mol. The Morgan fingerprint density at radius 1 is 1.09 bits per heavy atom. The molecule has 2 aromatic rings. The number of para-hydroxylation sites is 1. The number of carbonyl (C=O) groups is 1. The van der Waals surface area contributed by atoms with Gasteiger partial charge in [0.2, 0.25) is 10.0 Å². The molecule has 1 amide bonds. The minimum atomic E-state index is -3.39. The van der Waals surface area contributed by atoms with Crippen molar-refractivity contribution in [2.45, 2.75) is 38.9 Å². The molecule has 186 valence electrons. The zero-order valence-corrected chi connectivity index (χ0v) is 21.3. The highest BCUT2D eigenvalue weighted by Crippen LogP contribution is 2.23. The molecule has 0 saturated carbocycles. The molecule has 1 heterocycles. The van der Waals surface area contributed by atoms with Crippen LogP contribution in [0, 0.1) is 0 Å². The SMILES string of the molecule is CC1CN(Cc2ccccc2OCCCNC(=O)c2cccc(NS(C)(=O)=O)c2)CC(C)N1C. The predicted octanol–water partition coefficient (Wildman–Crippen LogP) is 2.78. The largest absolute Gasteiger partial charge is 0.493 e. The lowest BCUT2D eigenvalue weighted by Crippen LogP contribution is -2.54. The van der Waals surface area contributed by atoms with Gasteiger partial charge in [-0.05, 0) is 51.6 Å². The number of carbonyl (C=O) groups excluding carboxylic acids is 1. The molecule has 0 aliphatic carbocycles. The van der Waals surface area contributed by atoms with Crippen LogP contribution in [0.5, 0.6) is 5.75 Å². The number of amides is 1. The molecular formula is C25H36N4O4S. The van der Waals surface area contributed by atoms with Crippen molar-refractivity contribution >= 4 is 21.6 Å². The van der Waals surface area contributed by atoms with Gasteiger partial charge in [-0.1, -0.05) is 24.3 Å². The maximum absolute atomic E-state index is 12.4. The van der Waals surface area contributed by atoms with Crippen LogP contribution in [0.3, 0.4) is 0 Å². The molecule has 34 heavy (non-hydrogen) atoms. The lowest BCUT2D eigenvalue weighted by molar-refractivity contribution is 0.0550. The molecule has 2 unspecified atom stereocenters. The maximum atomic E-state index is 12.4. The van der Waals surface area contributed by atoms with Gasteiger partial charge < -0.3 is 10.1 Å². The zero-order valence-electron chi connectivity index (χ0n) is 20.5. The number of benzene rings is 2. The molecule has 1 fully saturated rings. The fourth-order valence-electron chi connectivity index (χ4n) is 4.16. The van der Waals surface area contributed by atoms with Crippen LogP contribution in [0.25, 0.3) is 0 Å². The normalized spacial score (nSPS) is 19.5. The number of hydrogen-bond donors (Lipinski definition) is 2. The summed E-state index contributed by atoms with van der Waals surface area (Å²) in [5.41, 5.74) is 1.93. The van der Waals surface area contributed by atoms with Crippen LogP contribution in [0.4, 0.5) is 5.69 Å². The van der Waals surface area contributed by atoms with Crippen LogP contribution in [-0.4, -0.2) is 75.8 Å². The average Bonchev–Trinajstić information content (AvgIpc) is 2.77. The van der Waals surface area contributed by atoms with E-state index in [-0.39, 0.29) is 5.91 Å². The Morgan fingerprint density at radius 3 is 2.50 bits per heavy atom. The highest BCUT2D eigenvalue weighted by Gasteiger charge is 2.26. The first-order valence-electron chi connectivity index (χ1n) is 11.6. The first kappa shape index (κ1) is 26.0. The van der Waals surface area contributed by atoms with Crippen molar-refractivity contribution in [3.8, 4) is 5.75 Å². The van der Waals surface area contributed by atoms with E-state index in [1.165, 1.54) is 11.6 Å². The smallest absolute Gasteiger partial charge is 0.251 e. The standard InChI is InChI=1S/C25H36N4O4S/c1-19-16-29(17-20(2)28(19)3)18-22-9-5-6-12-24(22)33-14-8-13-26-25(30)21-10-7-11-23(15-21)27-34(4,31)32/h5-7,9-12,15,19-20,27H,8,13-14,16-18H2,1-4H3,(H,26,30). The Balaban J connectivity index is 1.46. The number of sulfonamides is 1. The van der Waals surface area contributed by atoms with Gasteiger partial charge in [0, 0.05) is 55.1 Å². The number of anilines is 1. The number of likely N-dealkylation sites (N-methyl/N-ethyl adjacent to an activating group) is 1. The Hall–Kier alpha value is -2.62. The van der Waals surface area contributed by atoms with Gasteiger partial charge in [0.15, 0.2) is 0 Å². The summed E-state index contributed by atoms with van der Waals surface area (Å²) >= 11 is 0. The van der Waals surface area contributed by atoms with E-state index in [1.54, 1.807) is 18.2 Å². The Labute approximate surface area is 203 Å². The van der Waals surface area contributed by atoms with Crippen LogP contribution >= 0.6 is 0 Å². The summed E-state index contributed by atoms with van der Waals surface area (Å²) in [6, 6.07) is 15.6. The summed E-state index contributed by atoms with van der Waals surface area (Å²) in [5, 5.41) is 2.86. The first-order chi connectivity index (χ1) is 16.1. The third-order valence-electron chi connectivity index (χ3n) is 6.09. The third kappa shape index (κ3) is 7.72. The van der Waals surface area contributed by atoms with Crippen molar-refractivity contribution < 1.29 is 17.9 Å². The van der Waals surface area contributed by atoms with E-state index >= 15 is 0 Å². The fourth-order valence-corrected chi connectivity index (χ4v) is 4.71. The number of nitrogens with zero attached hydrogens (tertiary/aromatic N) is 2. The molecule has 1 aliphatic heterocycles. The molecule has 3 rings (SSSR count). The molecule has 0 aromatic heterocycles. The summed E-state index contributed by atoms with van der Waals surface area (Å²) in [5.74, 6) is 0.628. The summed E-state index contributed by atoms with van der Waals surface area (Å²) in [6.45, 7) is 8.38. The molecule has 0 radical (unpaired) electrons. The molecule has 0 spiro atoms. The number of nitrogens with one attached hydrogen (secondary N) is 2. The van der Waals surface area contributed by atoms with Gasteiger partial charge in [-0.2, -0.15) is 0 Å². The lowest BCUT2D eigenvalue weighted by Gasteiger charge is -2.42. The summed E-state index contributed by atoms with van der Waals surface area (Å²) in [6.07, 6.45) is 1.73. The zero-order chi connectivity index (χ0) is 24.7. The van der Waals surface area contributed by atoms with Gasteiger partial charge in [-0.25, -0.2) is 8.42 Å². The Morgan fingerprint density at radius 2 is 1.79 bits per heavy atom. The number of rotatable bonds is 10. The Bertz CT molecular complexity index is 1060. The molecule has 2 atom stereocenters. The van der Waals surface area contributed by atoms with Crippen molar-refractivity contribution in [1.82, 2.24) is 15.1 Å². The van der Waals surface area contributed by atoms with Crippen LogP contribution in [0.15, 0.2) is 48.5 Å². The quantitative estimate of drug-likeness (QED) is 0.500. The number of piperazine rings is 1. The summed E-state index contributed by atoms with van der Waals surface area (Å²) in [4.78, 5) is 17.3. The van der Waals surface area contributed by atoms with Gasteiger partial charge in [-0.15, -0.1) is 0 Å². The second kappa shape index (κ2) is 11.7. The summed E-state index contributed by atoms with van der Waals surface area (Å²) < 4.78 is 31.2. The second-order valence-electron chi connectivity index (χ2n) is 9.08. The second-order valence-corrected chi connectivity index (χ2v) is 10.8. The van der Waals surface area contributed by atoms with E-state index < -0.39 is 10.0 Å². The van der Waals surface area contributed by atoms with Gasteiger partial charge in [0.25, 0.3) is 5.91 Å². The van der Waals surface area contributed by atoms with Gasteiger partial charge in [0.05, 0.1) is 12.9 Å². The van der Waals surface area contributed by atoms with Crippen LogP contribution in [0.1, 0.15) is 36.2 Å². The highest BCUT2D eigenvalue weighted by molar-refractivity contribution is 7.92. The van der Waals surface area contributed by atoms with Gasteiger partial charge in [-0.3, -0.25) is 19.3 Å². The number of ether oxygens (including phenoxy) is 1. The van der Waals surface area contributed by atoms with E-state index in [0.717, 1.165) is 31.6 Å². The summed E-state index contributed by atoms with van der Waals surface area (Å²) in [7, 11) is -1.21. The molecule has 8 nitrogen and oxygen atoms in total. The third-order valence-corrected chi connectivity index (χ3v) is 6.70. The van der Waals surface area contributed by atoms with Crippen LogP contribution in [-0.2, 0) is 16.6 Å².